The average molecular weight is 550 g/mol. The van der Waals surface area contributed by atoms with Gasteiger partial charge < -0.3 is 4.90 Å². The lowest BCUT2D eigenvalue weighted by atomic mass is 10.0. The maximum atomic E-state index is 2.57. The third kappa shape index (κ3) is 16.6. The van der Waals surface area contributed by atoms with Gasteiger partial charge in [-0.05, 0) is 56.9 Å². The molecular formula is C38H65N2+. The lowest BCUT2D eigenvalue weighted by Crippen LogP contribution is -2.33. The molecule has 3 rings (SSSR count). The van der Waals surface area contributed by atoms with E-state index in [9.17, 15) is 0 Å². The van der Waals surface area contributed by atoms with Crippen LogP contribution >= 0.6 is 0 Å². The van der Waals surface area contributed by atoms with Gasteiger partial charge in [-0.3, -0.25) is 0 Å². The number of hydrogen-bond donors (Lipinski definition) is 0. The molecule has 0 aromatic carbocycles. The van der Waals surface area contributed by atoms with Crippen molar-refractivity contribution in [2.45, 2.75) is 173 Å². The molecule has 1 aromatic heterocycles. The number of pyridine rings is 1. The second kappa shape index (κ2) is 23.0. The predicted octanol–water partition coefficient (Wildman–Crippen LogP) is 11.0. The van der Waals surface area contributed by atoms with Crippen LogP contribution in [0.2, 0.25) is 0 Å². The summed E-state index contributed by atoms with van der Waals surface area (Å²) in [4.78, 5) is 2.57. The number of aromatic nitrogens is 1. The Hall–Kier alpha value is -1.57. The van der Waals surface area contributed by atoms with Crippen molar-refractivity contribution in [1.29, 1.82) is 0 Å². The molecule has 40 heavy (non-hydrogen) atoms. The van der Waals surface area contributed by atoms with Crippen molar-refractivity contribution >= 4 is 0 Å². The van der Waals surface area contributed by atoms with Crippen molar-refractivity contribution in [2.75, 3.05) is 13.1 Å². The van der Waals surface area contributed by atoms with Crippen LogP contribution < -0.4 is 4.57 Å². The minimum absolute atomic E-state index is 1.18. The smallest absolute Gasteiger partial charge is 0.171 e. The Bertz CT molecular complexity index is 794. The summed E-state index contributed by atoms with van der Waals surface area (Å²) in [6, 6.07) is 4.60. The summed E-state index contributed by atoms with van der Waals surface area (Å²) in [5, 5.41) is 0. The minimum Gasteiger partial charge on any atom is -0.373 e. The maximum absolute atomic E-state index is 2.57. The van der Waals surface area contributed by atoms with E-state index < -0.39 is 0 Å². The quantitative estimate of drug-likeness (QED) is 0.292. The van der Waals surface area contributed by atoms with Crippen LogP contribution in [0.4, 0.5) is 0 Å². The van der Waals surface area contributed by atoms with Crippen molar-refractivity contribution < 1.29 is 4.57 Å². The third-order valence-electron chi connectivity index (χ3n) is 9.28. The number of aryl methyl sites for hydroxylation is 2. The summed E-state index contributed by atoms with van der Waals surface area (Å²) >= 11 is 0. The molecule has 0 saturated carbocycles. The average Bonchev–Trinajstić information content (AvgIpc) is 2.97. The Labute approximate surface area is 249 Å². The molecule has 2 nitrogen and oxygen atoms in total. The number of allylic oxidation sites excluding steroid dienone is 2. The second-order valence-corrected chi connectivity index (χ2v) is 13.1. The maximum Gasteiger partial charge on any atom is 0.171 e. The number of fused-ring (bicyclic) bond motifs is 4. The fourth-order valence-corrected chi connectivity index (χ4v) is 6.67. The summed E-state index contributed by atoms with van der Waals surface area (Å²) in [5.41, 5.74) is 3.19. The van der Waals surface area contributed by atoms with E-state index >= 15 is 0 Å². The highest BCUT2D eigenvalue weighted by Crippen LogP contribution is 2.18. The topological polar surface area (TPSA) is 7.12 Å². The van der Waals surface area contributed by atoms with E-state index in [1.165, 1.54) is 192 Å². The Kier molecular flexibility index (Phi) is 19.0. The van der Waals surface area contributed by atoms with Crippen LogP contribution in [0.1, 0.15) is 166 Å². The zero-order chi connectivity index (χ0) is 27.8. The van der Waals surface area contributed by atoms with Gasteiger partial charge >= 0.3 is 0 Å². The molecule has 2 aliphatic rings. The number of rotatable bonds is 0. The molecule has 0 unspecified atom stereocenters. The van der Waals surface area contributed by atoms with Gasteiger partial charge in [0, 0.05) is 31.1 Å². The Morgan fingerprint density at radius 2 is 1.02 bits per heavy atom. The molecule has 2 aliphatic heterocycles. The van der Waals surface area contributed by atoms with E-state index in [2.05, 4.69) is 52.3 Å². The fourth-order valence-electron chi connectivity index (χ4n) is 6.67. The zero-order valence-corrected chi connectivity index (χ0v) is 26.4. The first-order valence-corrected chi connectivity index (χ1v) is 18.0. The second-order valence-electron chi connectivity index (χ2n) is 13.1. The lowest BCUT2D eigenvalue weighted by Gasteiger charge is -2.25. The van der Waals surface area contributed by atoms with Gasteiger partial charge in [-0.1, -0.05) is 134 Å². The molecule has 0 atom stereocenters. The predicted molar refractivity (Wildman–Crippen MR) is 175 cm³/mol. The van der Waals surface area contributed by atoms with Gasteiger partial charge in [0.2, 0.25) is 0 Å². The van der Waals surface area contributed by atoms with Crippen molar-refractivity contribution in [2.24, 2.45) is 0 Å². The van der Waals surface area contributed by atoms with E-state index in [1.54, 1.807) is 5.57 Å². The molecule has 226 valence electrons. The Morgan fingerprint density at radius 3 is 1.62 bits per heavy atom. The van der Waals surface area contributed by atoms with Crippen LogP contribution in [0.15, 0.2) is 48.5 Å². The summed E-state index contributed by atoms with van der Waals surface area (Å²) in [7, 11) is 0. The molecule has 0 spiro atoms. The minimum atomic E-state index is 1.18. The lowest BCUT2D eigenvalue weighted by molar-refractivity contribution is -0.697. The molecule has 0 amide bonds. The van der Waals surface area contributed by atoms with E-state index in [1.807, 2.05) is 0 Å². The summed E-state index contributed by atoms with van der Waals surface area (Å²) in [5.74, 6) is 0. The third-order valence-corrected chi connectivity index (χ3v) is 9.28. The molecule has 3 heterocycles. The van der Waals surface area contributed by atoms with E-state index in [4.69, 9.17) is 0 Å². The van der Waals surface area contributed by atoms with Gasteiger partial charge in [0.15, 0.2) is 12.4 Å². The molecule has 1 aromatic rings. The highest BCUT2D eigenvalue weighted by atomic mass is 15.1. The van der Waals surface area contributed by atoms with Gasteiger partial charge in [0.05, 0.1) is 0 Å². The van der Waals surface area contributed by atoms with Crippen molar-refractivity contribution in [3.63, 3.8) is 0 Å². The normalized spacial score (nSPS) is 22.1. The van der Waals surface area contributed by atoms with Gasteiger partial charge in [0.25, 0.3) is 0 Å². The molecule has 0 aliphatic carbocycles. The van der Waals surface area contributed by atoms with Crippen LogP contribution in [0.5, 0.6) is 0 Å². The highest BCUT2D eigenvalue weighted by molar-refractivity contribution is 5.18. The van der Waals surface area contributed by atoms with Gasteiger partial charge in [-0.25, -0.2) is 4.57 Å². The summed E-state index contributed by atoms with van der Waals surface area (Å²) < 4.78 is 2.44. The number of hydrogen-bond acceptors (Lipinski definition) is 1. The van der Waals surface area contributed by atoms with Crippen LogP contribution in [0.3, 0.4) is 0 Å². The van der Waals surface area contributed by atoms with E-state index in [0.717, 1.165) is 0 Å². The SMILES string of the molecule is C1=CN2CCCCCCCCCCCCCCc3ccc[n+](c3)CCCCCCCCCCCCCCC(=C1)C2. The highest BCUT2D eigenvalue weighted by Gasteiger charge is 2.08. The summed E-state index contributed by atoms with van der Waals surface area (Å²) in [6.07, 6.45) is 48.4. The largest absolute Gasteiger partial charge is 0.373 e. The monoisotopic (exact) mass is 550 g/mol. The molecule has 2 heteroatoms. The fraction of sp³-hybridized carbons (Fsp3) is 0.763. The Balaban J connectivity index is 1.30. The summed E-state index contributed by atoms with van der Waals surface area (Å²) in [6.45, 7) is 3.63. The zero-order valence-electron chi connectivity index (χ0n) is 26.4. The molecule has 4 bridgehead atoms. The van der Waals surface area contributed by atoms with E-state index in [-0.39, 0.29) is 0 Å². The molecule has 0 fully saturated rings. The molecule has 0 radical (unpaired) electrons. The molecular weight excluding hydrogens is 484 g/mol. The van der Waals surface area contributed by atoms with Crippen molar-refractivity contribution in [3.8, 4) is 0 Å². The van der Waals surface area contributed by atoms with Gasteiger partial charge in [-0.2, -0.15) is 0 Å². The van der Waals surface area contributed by atoms with Crippen LogP contribution in [-0.4, -0.2) is 18.0 Å². The molecule has 0 N–H and O–H groups in total. The van der Waals surface area contributed by atoms with Crippen LogP contribution in [0.25, 0.3) is 0 Å². The van der Waals surface area contributed by atoms with Crippen molar-refractivity contribution in [1.82, 2.24) is 4.90 Å². The van der Waals surface area contributed by atoms with Crippen molar-refractivity contribution in [3.05, 3.63) is 54.0 Å². The first-order valence-electron chi connectivity index (χ1n) is 18.0. The standard InChI is InChI=1S/C38H65N2/c1-3-7-11-15-19-23-31-39-33-26-30-38(36-39)28-22-18-14-10-6-2-4-8-12-16-20-24-32-40-34-25-29-37(35-40)27-21-17-13-9-5-1/h25-26,29-30,33-35H,1-24,27-28,31-32,36H2/q+1. The van der Waals surface area contributed by atoms with Gasteiger partial charge in [0.1, 0.15) is 6.54 Å². The van der Waals surface area contributed by atoms with Crippen LogP contribution in [0, 0.1) is 0 Å². The number of nitrogens with zero attached hydrogens (tertiary/aromatic N) is 2. The molecule has 0 saturated heterocycles. The van der Waals surface area contributed by atoms with E-state index in [0.29, 0.717) is 0 Å². The first kappa shape index (κ1) is 32.9. The first-order chi connectivity index (χ1) is 19.9. The Morgan fingerprint density at radius 1 is 0.525 bits per heavy atom. The van der Waals surface area contributed by atoms with Crippen LogP contribution in [-0.2, 0) is 13.0 Å². The van der Waals surface area contributed by atoms with Gasteiger partial charge in [-0.15, -0.1) is 0 Å².